The van der Waals surface area contributed by atoms with E-state index in [0.717, 1.165) is 5.56 Å². The van der Waals surface area contributed by atoms with Crippen LogP contribution in [0.15, 0.2) is 18.3 Å². The molecular weight excluding hydrogens is 288 g/mol. The summed E-state index contributed by atoms with van der Waals surface area (Å²) in [6, 6.07) is 5.66. The largest absolute Gasteiger partial charge is 0.481 e. The van der Waals surface area contributed by atoms with Gasteiger partial charge in [-0.05, 0) is 11.6 Å². The van der Waals surface area contributed by atoms with Crippen LogP contribution in [0.1, 0.15) is 27.7 Å². The number of thiophene rings is 1. The maximum Gasteiger partial charge on any atom is 0.213 e. The maximum atomic E-state index is 11.5. The molecule has 108 valence electrons. The van der Waals surface area contributed by atoms with E-state index < -0.39 is 0 Å². The predicted octanol–water partition coefficient (Wildman–Crippen LogP) is 2.42. The fourth-order valence-electron chi connectivity index (χ4n) is 1.80. The standard InChI is InChI=1S/C14H14N4O2S/c1-8(19)13-12(16)10(6-15)14(21-13)18-7-9-3-4-17-11(5-9)20-2/h3-5,18H,7,16H2,1-2H3. The molecule has 7 heteroatoms. The first-order valence-electron chi connectivity index (χ1n) is 6.13. The minimum absolute atomic E-state index is 0.146. The molecule has 2 aromatic rings. The highest BCUT2D eigenvalue weighted by Gasteiger charge is 2.18. The van der Waals surface area contributed by atoms with Crippen LogP contribution in [0.2, 0.25) is 0 Å². The number of nitrogens with zero attached hydrogens (tertiary/aromatic N) is 2. The van der Waals surface area contributed by atoms with Gasteiger partial charge in [0.2, 0.25) is 5.88 Å². The molecule has 0 bridgehead atoms. The van der Waals surface area contributed by atoms with Gasteiger partial charge in [-0.1, -0.05) is 0 Å². The molecule has 0 fully saturated rings. The van der Waals surface area contributed by atoms with Gasteiger partial charge in [0.1, 0.15) is 16.6 Å². The minimum Gasteiger partial charge on any atom is -0.481 e. The van der Waals surface area contributed by atoms with Gasteiger partial charge in [0.15, 0.2) is 5.78 Å². The molecule has 0 aliphatic carbocycles. The SMILES string of the molecule is COc1cc(CNc2sc(C(C)=O)c(N)c2C#N)ccn1. The van der Waals surface area contributed by atoms with E-state index in [1.807, 2.05) is 12.1 Å². The Morgan fingerprint density at radius 1 is 1.62 bits per heavy atom. The fourth-order valence-corrected chi connectivity index (χ4v) is 2.76. The van der Waals surface area contributed by atoms with Gasteiger partial charge in [-0.3, -0.25) is 4.79 Å². The highest BCUT2D eigenvalue weighted by Crippen LogP contribution is 2.35. The van der Waals surface area contributed by atoms with Crippen molar-refractivity contribution in [2.75, 3.05) is 18.2 Å². The number of anilines is 2. The summed E-state index contributed by atoms with van der Waals surface area (Å²) < 4.78 is 5.05. The van der Waals surface area contributed by atoms with E-state index in [1.165, 1.54) is 18.3 Å². The van der Waals surface area contributed by atoms with Gasteiger partial charge in [-0.2, -0.15) is 5.26 Å². The number of nitrogens with two attached hydrogens (primary N) is 1. The summed E-state index contributed by atoms with van der Waals surface area (Å²) in [6.07, 6.45) is 1.64. The Kier molecular flexibility index (Phi) is 4.40. The van der Waals surface area contributed by atoms with Crippen molar-refractivity contribution in [3.05, 3.63) is 34.3 Å². The number of Topliss-reactive ketones (excluding diaryl/α,β-unsaturated/α-hetero) is 1. The smallest absolute Gasteiger partial charge is 0.213 e. The Morgan fingerprint density at radius 3 is 3.00 bits per heavy atom. The summed E-state index contributed by atoms with van der Waals surface area (Å²) in [7, 11) is 1.55. The van der Waals surface area contributed by atoms with Crippen molar-refractivity contribution in [2.24, 2.45) is 0 Å². The summed E-state index contributed by atoms with van der Waals surface area (Å²) in [5, 5.41) is 12.9. The first-order chi connectivity index (χ1) is 10.1. The van der Waals surface area contributed by atoms with Crippen molar-refractivity contribution in [3.8, 4) is 11.9 Å². The lowest BCUT2D eigenvalue weighted by molar-refractivity contribution is 0.102. The third-order valence-corrected chi connectivity index (χ3v) is 4.10. The molecule has 2 rings (SSSR count). The summed E-state index contributed by atoms with van der Waals surface area (Å²) in [4.78, 5) is 15.9. The van der Waals surface area contributed by atoms with Crippen LogP contribution in [-0.4, -0.2) is 17.9 Å². The van der Waals surface area contributed by atoms with Gasteiger partial charge in [0.05, 0.1) is 17.7 Å². The lowest BCUT2D eigenvalue weighted by Crippen LogP contribution is -2.00. The minimum atomic E-state index is -0.146. The monoisotopic (exact) mass is 302 g/mol. The van der Waals surface area contributed by atoms with Crippen molar-refractivity contribution < 1.29 is 9.53 Å². The van der Waals surface area contributed by atoms with Gasteiger partial charge in [-0.15, -0.1) is 11.3 Å². The van der Waals surface area contributed by atoms with Crippen molar-refractivity contribution in [1.82, 2.24) is 4.98 Å². The second kappa shape index (κ2) is 6.24. The molecule has 21 heavy (non-hydrogen) atoms. The van der Waals surface area contributed by atoms with Crippen LogP contribution in [0, 0.1) is 11.3 Å². The zero-order chi connectivity index (χ0) is 15.4. The highest BCUT2D eigenvalue weighted by molar-refractivity contribution is 7.18. The molecule has 0 saturated heterocycles. The van der Waals surface area contributed by atoms with Crippen LogP contribution < -0.4 is 15.8 Å². The van der Waals surface area contributed by atoms with Gasteiger partial charge in [0, 0.05) is 25.7 Å². The maximum absolute atomic E-state index is 11.5. The number of ketones is 1. The Labute approximate surface area is 126 Å². The Balaban J connectivity index is 2.22. The predicted molar refractivity (Wildman–Crippen MR) is 81.6 cm³/mol. The number of methoxy groups -OCH3 is 1. The second-order valence-electron chi connectivity index (χ2n) is 4.28. The summed E-state index contributed by atoms with van der Waals surface area (Å²) in [5.41, 5.74) is 7.33. The quantitative estimate of drug-likeness (QED) is 0.822. The third-order valence-electron chi connectivity index (χ3n) is 2.84. The summed E-state index contributed by atoms with van der Waals surface area (Å²) in [6.45, 7) is 1.91. The Bertz CT molecular complexity index is 718. The number of hydrogen-bond donors (Lipinski definition) is 2. The van der Waals surface area contributed by atoms with E-state index in [2.05, 4.69) is 10.3 Å². The average Bonchev–Trinajstić information content (AvgIpc) is 2.81. The normalized spacial score (nSPS) is 9.95. The number of nitrogen functional groups attached to an aromatic ring is 1. The molecule has 0 saturated carbocycles. The number of aromatic nitrogens is 1. The number of nitrogens with one attached hydrogen (secondary N) is 1. The van der Waals surface area contributed by atoms with Crippen molar-refractivity contribution in [1.29, 1.82) is 5.26 Å². The molecule has 0 radical (unpaired) electrons. The Hall–Kier alpha value is -2.59. The summed E-state index contributed by atoms with van der Waals surface area (Å²) >= 11 is 1.19. The first-order valence-corrected chi connectivity index (χ1v) is 6.94. The molecule has 0 aliphatic heterocycles. The van der Waals surface area contributed by atoms with Crippen LogP contribution in [0.5, 0.6) is 5.88 Å². The molecule has 2 heterocycles. The number of rotatable bonds is 5. The van der Waals surface area contributed by atoms with E-state index in [4.69, 9.17) is 15.7 Å². The molecule has 0 aliphatic rings. The van der Waals surface area contributed by atoms with Crippen LogP contribution in [-0.2, 0) is 6.54 Å². The molecule has 0 unspecified atom stereocenters. The van der Waals surface area contributed by atoms with Crippen molar-refractivity contribution in [3.63, 3.8) is 0 Å². The highest BCUT2D eigenvalue weighted by atomic mass is 32.1. The number of carbonyl (C=O) groups is 1. The first kappa shape index (κ1) is 14.8. The molecule has 2 aromatic heterocycles. The zero-order valence-corrected chi connectivity index (χ0v) is 12.5. The van der Waals surface area contributed by atoms with Gasteiger partial charge >= 0.3 is 0 Å². The third kappa shape index (κ3) is 3.12. The van der Waals surface area contributed by atoms with E-state index in [0.29, 0.717) is 27.9 Å². The lowest BCUT2D eigenvalue weighted by atomic mass is 10.2. The van der Waals surface area contributed by atoms with Gasteiger partial charge < -0.3 is 15.8 Å². The number of pyridine rings is 1. The van der Waals surface area contributed by atoms with E-state index in [1.54, 1.807) is 19.4 Å². The van der Waals surface area contributed by atoms with E-state index >= 15 is 0 Å². The molecule has 0 aromatic carbocycles. The van der Waals surface area contributed by atoms with Crippen LogP contribution in [0.3, 0.4) is 0 Å². The molecule has 3 N–H and O–H groups in total. The number of nitriles is 1. The average molecular weight is 302 g/mol. The molecular formula is C14H14N4O2S. The number of hydrogen-bond acceptors (Lipinski definition) is 7. The van der Waals surface area contributed by atoms with E-state index in [-0.39, 0.29) is 11.5 Å². The van der Waals surface area contributed by atoms with E-state index in [9.17, 15) is 4.79 Å². The number of ether oxygens (including phenoxy) is 1. The number of carbonyl (C=O) groups excluding carboxylic acids is 1. The molecule has 0 amide bonds. The Morgan fingerprint density at radius 2 is 2.38 bits per heavy atom. The van der Waals surface area contributed by atoms with Crippen LogP contribution in [0.4, 0.5) is 10.7 Å². The topological polar surface area (TPSA) is 101 Å². The molecule has 6 nitrogen and oxygen atoms in total. The molecule has 0 atom stereocenters. The van der Waals surface area contributed by atoms with Crippen LogP contribution >= 0.6 is 11.3 Å². The van der Waals surface area contributed by atoms with Crippen LogP contribution in [0.25, 0.3) is 0 Å². The lowest BCUT2D eigenvalue weighted by Gasteiger charge is -2.06. The second-order valence-corrected chi connectivity index (χ2v) is 5.30. The van der Waals surface area contributed by atoms with Gasteiger partial charge in [0.25, 0.3) is 0 Å². The fraction of sp³-hybridized carbons (Fsp3) is 0.214. The zero-order valence-electron chi connectivity index (χ0n) is 11.6. The summed E-state index contributed by atoms with van der Waals surface area (Å²) in [5.74, 6) is 0.373. The molecule has 0 spiro atoms. The van der Waals surface area contributed by atoms with Crippen molar-refractivity contribution in [2.45, 2.75) is 13.5 Å². The van der Waals surface area contributed by atoms with Gasteiger partial charge in [-0.25, -0.2) is 4.98 Å². The van der Waals surface area contributed by atoms with Crippen molar-refractivity contribution >= 4 is 27.8 Å².